The van der Waals surface area contributed by atoms with Crippen LogP contribution in [0.3, 0.4) is 0 Å². The zero-order chi connectivity index (χ0) is 27.3. The topological polar surface area (TPSA) is 54.8 Å². The van der Waals surface area contributed by atoms with Gasteiger partial charge in [0.25, 0.3) is 11.8 Å². The molecule has 4 rings (SSSR count). The van der Waals surface area contributed by atoms with Crippen molar-refractivity contribution in [1.82, 2.24) is 14.4 Å². The van der Waals surface area contributed by atoms with Crippen LogP contribution in [0.25, 0.3) is 0 Å². The van der Waals surface area contributed by atoms with E-state index in [-0.39, 0.29) is 40.2 Å². The summed E-state index contributed by atoms with van der Waals surface area (Å²) >= 11 is 0. The largest absolute Gasteiger partial charge is 0.490 e. The predicted octanol–water partition coefficient (Wildman–Crippen LogP) is 5.69. The first kappa shape index (κ1) is 27.3. The molecule has 2 aliphatic rings. The zero-order valence-electron chi connectivity index (χ0n) is 23.0. The van der Waals surface area contributed by atoms with E-state index in [2.05, 4.69) is 22.6 Å². The van der Waals surface area contributed by atoms with Crippen LogP contribution in [0.4, 0.5) is 8.78 Å². The molecule has 1 aromatic carbocycles. The summed E-state index contributed by atoms with van der Waals surface area (Å²) in [4.78, 5) is 30.6. The van der Waals surface area contributed by atoms with Crippen molar-refractivity contribution in [2.24, 2.45) is 5.41 Å². The number of amides is 1. The summed E-state index contributed by atoms with van der Waals surface area (Å²) in [7, 11) is 2.10. The molecule has 1 fully saturated rings. The maximum absolute atomic E-state index is 14.4. The van der Waals surface area contributed by atoms with E-state index in [1.807, 2.05) is 26.8 Å². The quantitative estimate of drug-likeness (QED) is 0.480. The van der Waals surface area contributed by atoms with Crippen molar-refractivity contribution in [3.8, 4) is 5.75 Å². The van der Waals surface area contributed by atoms with Crippen LogP contribution in [0.5, 0.6) is 5.75 Å². The Labute approximate surface area is 218 Å². The molecule has 6 nitrogen and oxygen atoms in total. The van der Waals surface area contributed by atoms with Gasteiger partial charge >= 0.3 is 0 Å². The number of Topliss-reactive ketones (excluding diaryl/α,β-unsaturated/α-hetero) is 1. The Bertz CT molecular complexity index is 1180. The molecule has 2 aliphatic heterocycles. The van der Waals surface area contributed by atoms with Crippen LogP contribution in [-0.4, -0.2) is 58.8 Å². The van der Waals surface area contributed by atoms with Gasteiger partial charge in [-0.1, -0.05) is 20.8 Å². The number of carbonyl (C=O) groups is 2. The minimum Gasteiger partial charge on any atom is -0.490 e. The minimum absolute atomic E-state index is 0.0989. The third-order valence-corrected chi connectivity index (χ3v) is 7.70. The number of halogens is 2. The van der Waals surface area contributed by atoms with E-state index >= 15 is 0 Å². The summed E-state index contributed by atoms with van der Waals surface area (Å²) < 4.78 is 36.5. The van der Waals surface area contributed by atoms with Gasteiger partial charge < -0.3 is 14.2 Å². The van der Waals surface area contributed by atoms with Crippen LogP contribution < -0.4 is 4.74 Å². The number of likely N-dealkylation sites (tertiary alicyclic amines) is 1. The Morgan fingerprint density at radius 2 is 1.62 bits per heavy atom. The van der Waals surface area contributed by atoms with Gasteiger partial charge in [0.1, 0.15) is 5.75 Å². The summed E-state index contributed by atoms with van der Waals surface area (Å²) in [6.07, 6.45) is 1.15. The number of ketones is 1. The van der Waals surface area contributed by atoms with Gasteiger partial charge in [0, 0.05) is 49.8 Å². The molecule has 0 aliphatic carbocycles. The molecule has 202 valence electrons. The van der Waals surface area contributed by atoms with Crippen molar-refractivity contribution in [2.45, 2.75) is 78.5 Å². The molecule has 0 radical (unpaired) electrons. The molecule has 2 aromatic rings. The number of aromatic nitrogens is 1. The summed E-state index contributed by atoms with van der Waals surface area (Å²) in [5, 5.41) is 0. The van der Waals surface area contributed by atoms with Crippen LogP contribution in [0.15, 0.2) is 30.3 Å². The molecule has 1 spiro atoms. The molecular formula is C29H39F2N3O3. The molecule has 1 amide bonds. The van der Waals surface area contributed by atoms with Crippen molar-refractivity contribution < 1.29 is 23.1 Å². The average molecular weight is 516 g/mol. The Kier molecular flexibility index (Phi) is 7.03. The normalized spacial score (nSPS) is 18.3. The number of rotatable bonds is 5. The van der Waals surface area contributed by atoms with Crippen molar-refractivity contribution >= 4 is 11.7 Å². The van der Waals surface area contributed by atoms with Gasteiger partial charge in [-0.15, -0.1) is 0 Å². The van der Waals surface area contributed by atoms with Gasteiger partial charge in [-0.05, 0) is 64.1 Å². The number of nitrogens with zero attached hydrogens (tertiary/aromatic N) is 3. The van der Waals surface area contributed by atoms with Crippen molar-refractivity contribution in [3.63, 3.8) is 0 Å². The van der Waals surface area contributed by atoms with E-state index in [1.54, 1.807) is 24.8 Å². The number of hydrogen-bond donors (Lipinski definition) is 0. The second kappa shape index (κ2) is 9.53. The van der Waals surface area contributed by atoms with Crippen molar-refractivity contribution in [2.75, 3.05) is 26.7 Å². The number of alkyl halides is 2. The molecule has 1 saturated heterocycles. The highest BCUT2D eigenvalue weighted by Gasteiger charge is 2.46. The third kappa shape index (κ3) is 5.05. The lowest BCUT2D eigenvalue weighted by atomic mass is 9.81. The van der Waals surface area contributed by atoms with Gasteiger partial charge in [0.05, 0.1) is 22.9 Å². The molecule has 0 atom stereocenters. The van der Waals surface area contributed by atoms with Crippen LogP contribution in [0.2, 0.25) is 0 Å². The van der Waals surface area contributed by atoms with Gasteiger partial charge in [0.15, 0.2) is 5.78 Å². The fourth-order valence-corrected chi connectivity index (χ4v) is 5.62. The number of ether oxygens (including phenoxy) is 1. The molecule has 8 heteroatoms. The first-order valence-corrected chi connectivity index (χ1v) is 13.1. The monoisotopic (exact) mass is 515 g/mol. The second-order valence-electron chi connectivity index (χ2n) is 11.8. The summed E-state index contributed by atoms with van der Waals surface area (Å²) in [5.74, 6) is -3.17. The lowest BCUT2D eigenvalue weighted by molar-refractivity contribution is 0.0118. The zero-order valence-corrected chi connectivity index (χ0v) is 23.0. The highest BCUT2D eigenvalue weighted by atomic mass is 19.3. The fraction of sp³-hybridized carbons (Fsp3) is 0.586. The number of benzene rings is 1. The standard InChI is InChI=1S/C29H39F2N3O3/c1-19(2)37-23-10-8-20(18-21(23)28(6,30)31)26(36)33-14-12-29(13-15-33)24-11-9-22(25(35)27(3,4)5)34(24)17-16-32(29)7/h8-11,18-19H,12-17H2,1-7H3. The number of carbonyl (C=O) groups excluding carboxylic acids is 2. The molecule has 0 unspecified atom stereocenters. The predicted molar refractivity (Wildman–Crippen MR) is 139 cm³/mol. The van der Waals surface area contributed by atoms with Gasteiger partial charge in [-0.25, -0.2) is 8.78 Å². The second-order valence-corrected chi connectivity index (χ2v) is 11.8. The lowest BCUT2D eigenvalue weighted by Gasteiger charge is -2.50. The first-order valence-electron chi connectivity index (χ1n) is 13.1. The Hall–Kier alpha value is -2.74. The van der Waals surface area contributed by atoms with E-state index in [0.717, 1.165) is 31.4 Å². The smallest absolute Gasteiger partial charge is 0.274 e. The third-order valence-electron chi connectivity index (χ3n) is 7.70. The van der Waals surface area contributed by atoms with E-state index in [4.69, 9.17) is 4.74 Å². The maximum Gasteiger partial charge on any atom is 0.274 e. The lowest BCUT2D eigenvalue weighted by Crippen LogP contribution is -2.56. The molecule has 0 N–H and O–H groups in total. The van der Waals surface area contributed by atoms with Crippen molar-refractivity contribution in [3.05, 3.63) is 52.8 Å². The van der Waals surface area contributed by atoms with Crippen molar-refractivity contribution in [1.29, 1.82) is 0 Å². The van der Waals surface area contributed by atoms with Crippen LogP contribution in [-0.2, 0) is 18.0 Å². The highest BCUT2D eigenvalue weighted by molar-refractivity contribution is 5.98. The molecule has 1 aromatic heterocycles. The van der Waals surface area contributed by atoms with Crippen LogP contribution in [0, 0.1) is 5.41 Å². The first-order chi connectivity index (χ1) is 17.1. The number of piperidine rings is 1. The number of hydrogen-bond acceptors (Lipinski definition) is 4. The van der Waals surface area contributed by atoms with Crippen LogP contribution in [0.1, 0.15) is 86.5 Å². The summed E-state index contributed by atoms with van der Waals surface area (Å²) in [6.45, 7) is 12.7. The average Bonchev–Trinajstić information content (AvgIpc) is 3.24. The molecule has 37 heavy (non-hydrogen) atoms. The fourth-order valence-electron chi connectivity index (χ4n) is 5.62. The van der Waals surface area contributed by atoms with E-state index in [9.17, 15) is 18.4 Å². The molecular weight excluding hydrogens is 476 g/mol. The van der Waals surface area contributed by atoms with Gasteiger partial charge in [-0.3, -0.25) is 14.5 Å². The summed E-state index contributed by atoms with van der Waals surface area (Å²) in [5.41, 5.74) is 1.07. The van der Waals surface area contributed by atoms with E-state index in [1.165, 1.54) is 12.1 Å². The van der Waals surface area contributed by atoms with E-state index in [0.29, 0.717) is 25.9 Å². The van der Waals surface area contributed by atoms with Gasteiger partial charge in [-0.2, -0.15) is 0 Å². The maximum atomic E-state index is 14.4. The Morgan fingerprint density at radius 1 is 0.973 bits per heavy atom. The van der Waals surface area contributed by atoms with Crippen LogP contribution >= 0.6 is 0 Å². The number of fused-ring (bicyclic) bond motifs is 2. The highest BCUT2D eigenvalue weighted by Crippen LogP contribution is 2.43. The SMILES string of the molecule is CC(C)Oc1ccc(C(=O)N2CCC3(CC2)c2ccc(C(=O)C(C)(C)C)n2CCN3C)cc1C(C)(F)F. The number of likely N-dealkylation sites (N-methyl/N-ethyl adjacent to an activating group) is 1. The minimum atomic E-state index is -3.13. The Balaban J connectivity index is 1.57. The molecule has 0 saturated carbocycles. The Morgan fingerprint density at radius 3 is 2.19 bits per heavy atom. The van der Waals surface area contributed by atoms with E-state index < -0.39 is 11.3 Å². The molecule has 3 heterocycles. The van der Waals surface area contributed by atoms with Gasteiger partial charge in [0.2, 0.25) is 0 Å². The molecule has 0 bridgehead atoms. The summed E-state index contributed by atoms with van der Waals surface area (Å²) in [6, 6.07) is 8.32.